The van der Waals surface area contributed by atoms with Crippen molar-refractivity contribution in [3.8, 4) is 0 Å². The van der Waals surface area contributed by atoms with Crippen molar-refractivity contribution in [1.82, 2.24) is 9.78 Å². The Hall–Kier alpha value is -1.03. The van der Waals surface area contributed by atoms with E-state index in [4.69, 9.17) is 10.5 Å². The minimum absolute atomic E-state index is 0.649. The number of ether oxygens (including phenoxy) is 1. The van der Waals surface area contributed by atoms with Gasteiger partial charge in [0, 0.05) is 19.0 Å². The molecule has 0 aromatic carbocycles. The zero-order valence-corrected chi connectivity index (χ0v) is 6.50. The van der Waals surface area contributed by atoms with Crippen molar-refractivity contribution in [3.63, 3.8) is 0 Å². The van der Waals surface area contributed by atoms with E-state index in [1.165, 1.54) is 5.56 Å². The molecule has 1 aliphatic rings. The SMILES string of the molecule is Cn1nc(N)c2c1COCC2. The molecule has 2 N–H and O–H groups in total. The van der Waals surface area contributed by atoms with Crippen LogP contribution in [0.1, 0.15) is 11.3 Å². The molecular formula is C7H11N3O. The molecule has 2 heterocycles. The number of hydrogen-bond donors (Lipinski definition) is 1. The fourth-order valence-corrected chi connectivity index (χ4v) is 1.42. The van der Waals surface area contributed by atoms with Crippen molar-refractivity contribution in [2.24, 2.45) is 7.05 Å². The van der Waals surface area contributed by atoms with Gasteiger partial charge in [-0.3, -0.25) is 4.68 Å². The molecule has 0 unspecified atom stereocenters. The van der Waals surface area contributed by atoms with Crippen LogP contribution in [-0.2, 0) is 24.8 Å². The van der Waals surface area contributed by atoms with E-state index >= 15 is 0 Å². The first-order valence-electron chi connectivity index (χ1n) is 3.67. The summed E-state index contributed by atoms with van der Waals surface area (Å²) in [4.78, 5) is 0. The van der Waals surface area contributed by atoms with Crippen LogP contribution in [0.3, 0.4) is 0 Å². The second-order valence-electron chi connectivity index (χ2n) is 2.74. The highest BCUT2D eigenvalue weighted by Crippen LogP contribution is 2.20. The van der Waals surface area contributed by atoms with Crippen molar-refractivity contribution in [3.05, 3.63) is 11.3 Å². The first-order chi connectivity index (χ1) is 5.29. The van der Waals surface area contributed by atoms with E-state index in [0.29, 0.717) is 12.4 Å². The summed E-state index contributed by atoms with van der Waals surface area (Å²) in [6.07, 6.45) is 0.898. The van der Waals surface area contributed by atoms with Crippen molar-refractivity contribution in [2.45, 2.75) is 13.0 Å². The average Bonchev–Trinajstić information content (AvgIpc) is 2.30. The molecule has 11 heavy (non-hydrogen) atoms. The molecule has 0 bridgehead atoms. The van der Waals surface area contributed by atoms with Crippen molar-refractivity contribution < 1.29 is 4.74 Å². The lowest BCUT2D eigenvalue weighted by Gasteiger charge is -2.12. The zero-order valence-electron chi connectivity index (χ0n) is 6.50. The standard InChI is InChI=1S/C7H11N3O/c1-10-6-4-11-3-2-5(6)7(8)9-10/h2-4H2,1H3,(H2,8,9). The number of hydrogen-bond acceptors (Lipinski definition) is 3. The van der Waals surface area contributed by atoms with E-state index in [2.05, 4.69) is 5.10 Å². The Morgan fingerprint density at radius 2 is 2.45 bits per heavy atom. The summed E-state index contributed by atoms with van der Waals surface area (Å²) >= 11 is 0. The fourth-order valence-electron chi connectivity index (χ4n) is 1.42. The van der Waals surface area contributed by atoms with Gasteiger partial charge < -0.3 is 10.5 Å². The molecule has 0 atom stereocenters. The molecule has 1 aromatic rings. The highest BCUT2D eigenvalue weighted by Gasteiger charge is 2.17. The van der Waals surface area contributed by atoms with Crippen LogP contribution in [0.15, 0.2) is 0 Å². The van der Waals surface area contributed by atoms with Gasteiger partial charge in [0.1, 0.15) is 5.82 Å². The number of anilines is 1. The highest BCUT2D eigenvalue weighted by atomic mass is 16.5. The monoisotopic (exact) mass is 153 g/mol. The van der Waals surface area contributed by atoms with Crippen LogP contribution < -0.4 is 5.73 Å². The van der Waals surface area contributed by atoms with E-state index in [-0.39, 0.29) is 0 Å². The third-order valence-electron chi connectivity index (χ3n) is 2.04. The van der Waals surface area contributed by atoms with E-state index < -0.39 is 0 Å². The van der Waals surface area contributed by atoms with Crippen molar-refractivity contribution >= 4 is 5.82 Å². The molecule has 4 nitrogen and oxygen atoms in total. The Labute approximate surface area is 64.9 Å². The molecule has 60 valence electrons. The van der Waals surface area contributed by atoms with Gasteiger partial charge in [-0.2, -0.15) is 5.10 Å². The van der Waals surface area contributed by atoms with Gasteiger partial charge in [-0.25, -0.2) is 0 Å². The molecule has 0 saturated carbocycles. The molecule has 0 aliphatic carbocycles. The second-order valence-corrected chi connectivity index (χ2v) is 2.74. The zero-order chi connectivity index (χ0) is 7.84. The Morgan fingerprint density at radius 1 is 1.64 bits per heavy atom. The van der Waals surface area contributed by atoms with Crippen LogP contribution in [-0.4, -0.2) is 16.4 Å². The predicted molar refractivity (Wildman–Crippen MR) is 41.0 cm³/mol. The number of aryl methyl sites for hydroxylation is 1. The minimum atomic E-state index is 0.649. The predicted octanol–water partition coefficient (Wildman–Crippen LogP) is 0.0750. The number of nitrogens with zero attached hydrogens (tertiary/aromatic N) is 2. The maximum Gasteiger partial charge on any atom is 0.149 e. The van der Waals surface area contributed by atoms with Crippen molar-refractivity contribution in [1.29, 1.82) is 0 Å². The summed E-state index contributed by atoms with van der Waals surface area (Å²) in [5, 5.41) is 4.11. The number of nitrogen functional groups attached to an aromatic ring is 1. The Balaban J connectivity index is 2.52. The lowest BCUT2D eigenvalue weighted by Crippen LogP contribution is -2.11. The molecule has 1 aliphatic heterocycles. The normalized spacial score (nSPS) is 16.5. The summed E-state index contributed by atoms with van der Waals surface area (Å²) in [7, 11) is 1.89. The smallest absolute Gasteiger partial charge is 0.149 e. The molecule has 0 spiro atoms. The van der Waals surface area contributed by atoms with Crippen LogP contribution in [0, 0.1) is 0 Å². The van der Waals surface area contributed by atoms with Gasteiger partial charge in [-0.1, -0.05) is 0 Å². The molecule has 1 aromatic heterocycles. The molecule has 4 heteroatoms. The number of rotatable bonds is 0. The quantitative estimate of drug-likeness (QED) is 0.574. The topological polar surface area (TPSA) is 53.1 Å². The summed E-state index contributed by atoms with van der Waals surface area (Å²) < 4.78 is 7.07. The Kier molecular flexibility index (Phi) is 1.35. The molecule has 0 saturated heterocycles. The highest BCUT2D eigenvalue weighted by molar-refractivity contribution is 5.43. The van der Waals surface area contributed by atoms with Crippen LogP contribution >= 0.6 is 0 Å². The molecule has 2 rings (SSSR count). The Morgan fingerprint density at radius 3 is 3.18 bits per heavy atom. The second kappa shape index (κ2) is 2.23. The van der Waals surface area contributed by atoms with Crippen LogP contribution in [0.2, 0.25) is 0 Å². The average molecular weight is 153 g/mol. The van der Waals surface area contributed by atoms with Crippen LogP contribution in [0.25, 0.3) is 0 Å². The first-order valence-corrected chi connectivity index (χ1v) is 3.67. The van der Waals surface area contributed by atoms with Gasteiger partial charge in [0.05, 0.1) is 18.9 Å². The lowest BCUT2D eigenvalue weighted by molar-refractivity contribution is 0.105. The lowest BCUT2D eigenvalue weighted by atomic mass is 10.1. The van der Waals surface area contributed by atoms with Gasteiger partial charge >= 0.3 is 0 Å². The number of aromatic nitrogens is 2. The van der Waals surface area contributed by atoms with Gasteiger partial charge in [-0.05, 0) is 0 Å². The third kappa shape index (κ3) is 0.903. The summed E-state index contributed by atoms with van der Waals surface area (Å²) in [6, 6.07) is 0. The third-order valence-corrected chi connectivity index (χ3v) is 2.04. The molecule has 0 radical (unpaired) electrons. The van der Waals surface area contributed by atoms with E-state index in [1.54, 1.807) is 4.68 Å². The van der Waals surface area contributed by atoms with Crippen LogP contribution in [0.5, 0.6) is 0 Å². The summed E-state index contributed by atoms with van der Waals surface area (Å²) in [5.41, 5.74) is 7.96. The van der Waals surface area contributed by atoms with E-state index in [1.807, 2.05) is 7.05 Å². The fraction of sp³-hybridized carbons (Fsp3) is 0.571. The van der Waals surface area contributed by atoms with Gasteiger partial charge in [0.25, 0.3) is 0 Å². The van der Waals surface area contributed by atoms with Gasteiger partial charge in [0.15, 0.2) is 0 Å². The van der Waals surface area contributed by atoms with Crippen molar-refractivity contribution in [2.75, 3.05) is 12.3 Å². The maximum absolute atomic E-state index is 5.67. The van der Waals surface area contributed by atoms with E-state index in [9.17, 15) is 0 Å². The first kappa shape index (κ1) is 6.67. The van der Waals surface area contributed by atoms with Gasteiger partial charge in [-0.15, -0.1) is 0 Å². The Bertz CT molecular complexity index is 253. The maximum atomic E-state index is 5.67. The molecular weight excluding hydrogens is 142 g/mol. The molecule has 0 fully saturated rings. The number of fused-ring (bicyclic) bond motifs is 1. The number of nitrogens with two attached hydrogens (primary N) is 1. The van der Waals surface area contributed by atoms with Crippen LogP contribution in [0.4, 0.5) is 5.82 Å². The van der Waals surface area contributed by atoms with E-state index in [0.717, 1.165) is 18.7 Å². The van der Waals surface area contributed by atoms with Gasteiger partial charge in [0.2, 0.25) is 0 Å². The largest absolute Gasteiger partial charge is 0.382 e. The minimum Gasteiger partial charge on any atom is -0.382 e. The molecule has 0 amide bonds. The summed E-state index contributed by atoms with van der Waals surface area (Å²) in [6.45, 7) is 1.42. The summed E-state index contributed by atoms with van der Waals surface area (Å²) in [5.74, 6) is 0.658.